The van der Waals surface area contributed by atoms with E-state index in [1.165, 1.54) is 24.3 Å². The molecule has 0 aromatic heterocycles. The fourth-order valence-electron chi connectivity index (χ4n) is 3.90. The molecule has 0 saturated heterocycles. The molecule has 4 aromatic carbocycles. The maximum atomic E-state index is 14.0. The van der Waals surface area contributed by atoms with Crippen molar-refractivity contribution in [1.29, 1.82) is 0 Å². The minimum atomic E-state index is -4.24. The van der Waals surface area contributed by atoms with Crippen LogP contribution in [0.4, 0.5) is 5.69 Å². The maximum absolute atomic E-state index is 14.0. The van der Waals surface area contributed by atoms with Crippen LogP contribution in [0.25, 0.3) is 0 Å². The van der Waals surface area contributed by atoms with Gasteiger partial charge in [0, 0.05) is 10.6 Å². The highest BCUT2D eigenvalue weighted by Gasteiger charge is 2.33. The third-order valence-electron chi connectivity index (χ3n) is 5.69. The van der Waals surface area contributed by atoms with Crippen molar-refractivity contribution < 1.29 is 17.9 Å². The van der Waals surface area contributed by atoms with Gasteiger partial charge >= 0.3 is 0 Å². The second kappa shape index (κ2) is 11.4. The summed E-state index contributed by atoms with van der Waals surface area (Å²) in [4.78, 5) is 13.9. The molecule has 4 aromatic rings. The zero-order valence-corrected chi connectivity index (χ0v) is 21.4. The molecule has 0 radical (unpaired) electrons. The molecule has 0 aliphatic rings. The van der Waals surface area contributed by atoms with Crippen molar-refractivity contribution in [3.63, 3.8) is 0 Å². The summed E-state index contributed by atoms with van der Waals surface area (Å²) in [7, 11) is -4.24. The average Bonchev–Trinajstić information content (AvgIpc) is 2.89. The van der Waals surface area contributed by atoms with Crippen molar-refractivity contribution in [3.05, 3.63) is 125 Å². The lowest BCUT2D eigenvalue weighted by molar-refractivity contribution is 0.100. The summed E-state index contributed by atoms with van der Waals surface area (Å²) in [5, 5.41) is 0.402. The Balaban J connectivity index is 1.75. The lowest BCUT2D eigenvalue weighted by atomic mass is 9.99. The number of sulfonamides is 1. The molecule has 0 atom stereocenters. The number of carbonyl (C=O) groups excluding carboxylic acids is 1. The Bertz CT molecular complexity index is 1420. The van der Waals surface area contributed by atoms with Crippen LogP contribution in [0.15, 0.2) is 108 Å². The van der Waals surface area contributed by atoms with Crippen LogP contribution in [0, 0.1) is 0 Å². The SMILES string of the molecule is CCOc1ccc(N(C(=O)c2ccccc2CCc2ccccc2)S(=O)(=O)c2ccc(Cl)cc2)cc1. The Morgan fingerprint density at radius 2 is 1.44 bits per heavy atom. The van der Waals surface area contributed by atoms with Crippen molar-refractivity contribution in [2.45, 2.75) is 24.7 Å². The Kier molecular flexibility index (Phi) is 8.08. The highest BCUT2D eigenvalue weighted by atomic mass is 35.5. The molecule has 0 heterocycles. The Morgan fingerprint density at radius 1 is 0.806 bits per heavy atom. The van der Waals surface area contributed by atoms with Gasteiger partial charge in [-0.15, -0.1) is 0 Å². The lowest BCUT2D eigenvalue weighted by Crippen LogP contribution is -2.37. The van der Waals surface area contributed by atoms with Gasteiger partial charge in [-0.05, 0) is 85.5 Å². The highest BCUT2D eigenvalue weighted by molar-refractivity contribution is 7.93. The predicted octanol–water partition coefficient (Wildman–Crippen LogP) is 6.56. The predicted molar refractivity (Wildman–Crippen MR) is 143 cm³/mol. The summed E-state index contributed by atoms with van der Waals surface area (Å²) in [6, 6.07) is 29.3. The number of hydrogen-bond donors (Lipinski definition) is 0. The van der Waals surface area contributed by atoms with E-state index in [4.69, 9.17) is 16.3 Å². The summed E-state index contributed by atoms with van der Waals surface area (Å²) >= 11 is 5.98. The number of amides is 1. The van der Waals surface area contributed by atoms with Gasteiger partial charge in [-0.3, -0.25) is 4.79 Å². The normalized spacial score (nSPS) is 11.2. The first-order valence-electron chi connectivity index (χ1n) is 11.6. The van der Waals surface area contributed by atoms with E-state index in [2.05, 4.69) is 0 Å². The largest absolute Gasteiger partial charge is 0.494 e. The molecule has 36 heavy (non-hydrogen) atoms. The first-order valence-corrected chi connectivity index (χ1v) is 13.4. The van der Waals surface area contributed by atoms with E-state index < -0.39 is 15.9 Å². The van der Waals surface area contributed by atoms with E-state index in [1.807, 2.05) is 49.4 Å². The molecule has 5 nitrogen and oxygen atoms in total. The molecule has 0 aliphatic carbocycles. The van der Waals surface area contributed by atoms with Crippen molar-refractivity contribution in [2.75, 3.05) is 10.9 Å². The Labute approximate surface area is 217 Å². The maximum Gasteiger partial charge on any atom is 0.272 e. The number of halogens is 1. The van der Waals surface area contributed by atoms with Crippen LogP contribution in [-0.2, 0) is 22.9 Å². The fourth-order valence-corrected chi connectivity index (χ4v) is 5.43. The molecule has 0 saturated carbocycles. The minimum Gasteiger partial charge on any atom is -0.494 e. The molecule has 0 unspecified atom stereocenters. The first-order chi connectivity index (χ1) is 17.4. The van der Waals surface area contributed by atoms with Crippen molar-refractivity contribution in [1.82, 2.24) is 0 Å². The van der Waals surface area contributed by atoms with Crippen LogP contribution in [0.5, 0.6) is 5.75 Å². The van der Waals surface area contributed by atoms with Crippen molar-refractivity contribution in [2.24, 2.45) is 0 Å². The number of nitrogens with zero attached hydrogens (tertiary/aromatic N) is 1. The molecule has 7 heteroatoms. The number of carbonyl (C=O) groups is 1. The van der Waals surface area contributed by atoms with Gasteiger partial charge in [0.05, 0.1) is 17.2 Å². The van der Waals surface area contributed by atoms with Crippen LogP contribution in [-0.4, -0.2) is 20.9 Å². The second-order valence-corrected chi connectivity index (χ2v) is 10.3. The van der Waals surface area contributed by atoms with Gasteiger partial charge in [0.15, 0.2) is 0 Å². The van der Waals surface area contributed by atoms with Crippen LogP contribution in [0.1, 0.15) is 28.4 Å². The van der Waals surface area contributed by atoms with Crippen molar-refractivity contribution >= 4 is 33.2 Å². The number of aryl methyl sites for hydroxylation is 2. The summed E-state index contributed by atoms with van der Waals surface area (Å²) in [6.07, 6.45) is 1.31. The highest BCUT2D eigenvalue weighted by Crippen LogP contribution is 2.29. The molecular weight excluding hydrogens is 494 g/mol. The molecule has 0 fully saturated rings. The molecular formula is C29H26ClNO4S. The quantitative estimate of drug-likeness (QED) is 0.251. The summed E-state index contributed by atoms with van der Waals surface area (Å²) in [5.41, 5.74) is 2.46. The van der Waals surface area contributed by atoms with Gasteiger partial charge in [-0.25, -0.2) is 8.42 Å². The number of rotatable bonds is 9. The number of hydrogen-bond acceptors (Lipinski definition) is 4. The van der Waals surface area contributed by atoms with Crippen LogP contribution in [0.2, 0.25) is 5.02 Å². The number of ether oxygens (including phenoxy) is 1. The average molecular weight is 520 g/mol. The Hall–Kier alpha value is -3.61. The standard InChI is InChI=1S/C29H26ClNO4S/c1-2-35-26-18-16-25(17-19-26)31(36(33,34)27-20-14-24(30)15-21-27)29(32)28-11-7-6-10-23(28)13-12-22-8-4-3-5-9-22/h3-11,14-21H,2,12-13H2,1H3. The zero-order chi connectivity index (χ0) is 25.5. The first kappa shape index (κ1) is 25.5. The lowest BCUT2D eigenvalue weighted by Gasteiger charge is -2.24. The second-order valence-electron chi connectivity index (χ2n) is 8.10. The van der Waals surface area contributed by atoms with E-state index in [0.29, 0.717) is 29.4 Å². The molecule has 1 amide bonds. The molecule has 0 spiro atoms. The third kappa shape index (κ3) is 5.78. The van der Waals surface area contributed by atoms with E-state index in [1.54, 1.807) is 36.4 Å². The van der Waals surface area contributed by atoms with Crippen LogP contribution < -0.4 is 9.04 Å². The van der Waals surface area contributed by atoms with Crippen LogP contribution in [0.3, 0.4) is 0 Å². The fraction of sp³-hybridized carbons (Fsp3) is 0.138. The van der Waals surface area contributed by atoms with Gasteiger partial charge in [-0.2, -0.15) is 4.31 Å². The monoisotopic (exact) mass is 519 g/mol. The zero-order valence-electron chi connectivity index (χ0n) is 19.8. The molecule has 0 aliphatic heterocycles. The summed E-state index contributed by atoms with van der Waals surface area (Å²) < 4.78 is 33.9. The number of anilines is 1. The molecule has 184 valence electrons. The van der Waals surface area contributed by atoms with Gasteiger partial charge in [0.25, 0.3) is 15.9 Å². The van der Waals surface area contributed by atoms with Gasteiger partial charge in [0.2, 0.25) is 0 Å². The smallest absolute Gasteiger partial charge is 0.272 e. The number of benzene rings is 4. The van der Waals surface area contributed by atoms with Gasteiger partial charge < -0.3 is 4.74 Å². The van der Waals surface area contributed by atoms with E-state index in [9.17, 15) is 13.2 Å². The minimum absolute atomic E-state index is 0.0316. The topological polar surface area (TPSA) is 63.7 Å². The van der Waals surface area contributed by atoms with E-state index in [-0.39, 0.29) is 10.6 Å². The van der Waals surface area contributed by atoms with Gasteiger partial charge in [-0.1, -0.05) is 60.1 Å². The van der Waals surface area contributed by atoms with E-state index >= 15 is 0 Å². The van der Waals surface area contributed by atoms with E-state index in [0.717, 1.165) is 21.9 Å². The van der Waals surface area contributed by atoms with Crippen LogP contribution >= 0.6 is 11.6 Å². The Morgan fingerprint density at radius 3 is 2.11 bits per heavy atom. The van der Waals surface area contributed by atoms with Gasteiger partial charge in [0.1, 0.15) is 5.75 Å². The van der Waals surface area contributed by atoms with Crippen molar-refractivity contribution in [3.8, 4) is 5.75 Å². The third-order valence-corrected chi connectivity index (χ3v) is 7.67. The summed E-state index contributed by atoms with van der Waals surface area (Å²) in [5.74, 6) is -0.0430. The summed E-state index contributed by atoms with van der Waals surface area (Å²) in [6.45, 7) is 2.33. The molecule has 0 N–H and O–H groups in total. The molecule has 0 bridgehead atoms. The molecule has 4 rings (SSSR count).